The van der Waals surface area contributed by atoms with Gasteiger partial charge in [0.1, 0.15) is 11.6 Å². The van der Waals surface area contributed by atoms with E-state index in [1.807, 2.05) is 0 Å². The van der Waals surface area contributed by atoms with Crippen molar-refractivity contribution in [1.29, 1.82) is 0 Å². The number of nitrogens with zero attached hydrogens (tertiary/aromatic N) is 2. The second kappa shape index (κ2) is 8.61. The van der Waals surface area contributed by atoms with Crippen LogP contribution in [-0.2, 0) is 12.0 Å². The first-order chi connectivity index (χ1) is 14.0. The molecule has 0 atom stereocenters. The van der Waals surface area contributed by atoms with E-state index in [9.17, 15) is 0 Å². The second-order valence-electron chi connectivity index (χ2n) is 9.42. The molecular formula is C26H34N2O. The van der Waals surface area contributed by atoms with Gasteiger partial charge < -0.3 is 9.30 Å². The Morgan fingerprint density at radius 2 is 1.69 bits per heavy atom. The van der Waals surface area contributed by atoms with E-state index < -0.39 is 0 Å². The number of rotatable bonds is 6. The van der Waals surface area contributed by atoms with Crippen LogP contribution >= 0.6 is 0 Å². The number of imidazole rings is 1. The van der Waals surface area contributed by atoms with Gasteiger partial charge >= 0.3 is 0 Å². The number of para-hydroxylation sites is 2. The van der Waals surface area contributed by atoms with E-state index in [0.29, 0.717) is 5.92 Å². The first-order valence-corrected chi connectivity index (χ1v) is 11.2. The number of aromatic nitrogens is 2. The van der Waals surface area contributed by atoms with E-state index in [1.165, 1.54) is 49.0 Å². The quantitative estimate of drug-likeness (QED) is 0.430. The van der Waals surface area contributed by atoms with Gasteiger partial charge in [0.05, 0.1) is 17.6 Å². The highest BCUT2D eigenvalue weighted by molar-refractivity contribution is 5.76. The zero-order chi connectivity index (χ0) is 20.3. The van der Waals surface area contributed by atoms with E-state index in [0.717, 1.165) is 30.8 Å². The average molecular weight is 391 g/mol. The molecule has 0 saturated heterocycles. The normalized spacial score (nSPS) is 15.7. The van der Waals surface area contributed by atoms with Crippen molar-refractivity contribution in [1.82, 2.24) is 9.55 Å². The highest BCUT2D eigenvalue weighted by Crippen LogP contribution is 2.34. The van der Waals surface area contributed by atoms with E-state index >= 15 is 0 Å². The molecule has 1 saturated carbocycles. The fraction of sp³-hybridized carbons (Fsp3) is 0.500. The summed E-state index contributed by atoms with van der Waals surface area (Å²) in [5.41, 5.74) is 3.91. The first-order valence-electron chi connectivity index (χ1n) is 11.2. The predicted molar refractivity (Wildman–Crippen MR) is 121 cm³/mol. The summed E-state index contributed by atoms with van der Waals surface area (Å²) in [6.07, 6.45) is 7.59. The van der Waals surface area contributed by atoms with Crippen LogP contribution in [0.15, 0.2) is 48.5 Å². The summed E-state index contributed by atoms with van der Waals surface area (Å²) in [6.45, 7) is 8.41. The molecule has 2 aromatic carbocycles. The molecule has 154 valence electrons. The lowest BCUT2D eigenvalue weighted by molar-refractivity contribution is 0.300. The van der Waals surface area contributed by atoms with Crippen molar-refractivity contribution in [2.45, 2.75) is 77.2 Å². The van der Waals surface area contributed by atoms with Gasteiger partial charge in [0.15, 0.2) is 0 Å². The summed E-state index contributed by atoms with van der Waals surface area (Å²) in [5.74, 6) is 2.86. The third-order valence-corrected chi connectivity index (χ3v) is 6.17. The predicted octanol–water partition coefficient (Wildman–Crippen LogP) is 6.85. The molecule has 0 radical (unpaired) electrons. The number of fused-ring (bicyclic) bond motifs is 1. The van der Waals surface area contributed by atoms with Gasteiger partial charge in [-0.05, 0) is 54.5 Å². The first kappa shape index (κ1) is 20.0. The molecule has 1 aliphatic rings. The largest absolute Gasteiger partial charge is 0.494 e. The van der Waals surface area contributed by atoms with Crippen molar-refractivity contribution in [2.24, 2.45) is 0 Å². The Balaban J connectivity index is 1.41. The minimum Gasteiger partial charge on any atom is -0.494 e. The molecule has 3 heteroatoms. The molecule has 1 fully saturated rings. The van der Waals surface area contributed by atoms with Crippen molar-refractivity contribution >= 4 is 11.0 Å². The van der Waals surface area contributed by atoms with E-state index in [4.69, 9.17) is 9.72 Å². The van der Waals surface area contributed by atoms with Crippen molar-refractivity contribution < 1.29 is 4.74 Å². The standard InChI is InChI=1S/C26H34N2O/c1-26(2,3)21-14-16-22(17-15-21)29-19-9-18-28-24-13-8-7-12-23(24)27-25(28)20-10-5-4-6-11-20/h7-8,12-17,20H,4-6,9-11,18-19H2,1-3H3. The zero-order valence-corrected chi connectivity index (χ0v) is 18.2. The molecule has 29 heavy (non-hydrogen) atoms. The van der Waals surface area contributed by atoms with E-state index in [-0.39, 0.29) is 5.41 Å². The molecule has 0 amide bonds. The van der Waals surface area contributed by atoms with Gasteiger partial charge in [0.25, 0.3) is 0 Å². The molecule has 4 rings (SSSR count). The molecule has 0 aliphatic heterocycles. The van der Waals surface area contributed by atoms with Crippen LogP contribution in [0, 0.1) is 0 Å². The van der Waals surface area contributed by atoms with Crippen LogP contribution in [0.4, 0.5) is 0 Å². The van der Waals surface area contributed by atoms with E-state index in [2.05, 4.69) is 73.9 Å². The maximum Gasteiger partial charge on any atom is 0.119 e. The molecule has 1 heterocycles. The van der Waals surface area contributed by atoms with Gasteiger partial charge in [-0.3, -0.25) is 0 Å². The molecule has 1 aromatic heterocycles. The summed E-state index contributed by atoms with van der Waals surface area (Å²) in [5, 5.41) is 0. The highest BCUT2D eigenvalue weighted by Gasteiger charge is 2.22. The smallest absolute Gasteiger partial charge is 0.119 e. The van der Waals surface area contributed by atoms with Gasteiger partial charge in [-0.2, -0.15) is 0 Å². The average Bonchev–Trinajstić information content (AvgIpc) is 3.10. The van der Waals surface area contributed by atoms with Crippen LogP contribution in [0.5, 0.6) is 5.75 Å². The number of benzene rings is 2. The van der Waals surface area contributed by atoms with E-state index in [1.54, 1.807) is 0 Å². The Morgan fingerprint density at radius 1 is 0.966 bits per heavy atom. The zero-order valence-electron chi connectivity index (χ0n) is 18.2. The molecule has 0 spiro atoms. The van der Waals surface area contributed by atoms with Gasteiger partial charge in [-0.1, -0.05) is 64.3 Å². The SMILES string of the molecule is CC(C)(C)c1ccc(OCCCn2c(C3CCCCC3)nc3ccccc32)cc1. The fourth-order valence-corrected chi connectivity index (χ4v) is 4.47. The van der Waals surface area contributed by atoms with Gasteiger partial charge in [-0.25, -0.2) is 4.98 Å². The van der Waals surface area contributed by atoms with Crippen LogP contribution in [0.25, 0.3) is 11.0 Å². The molecule has 3 aromatic rings. The Kier molecular flexibility index (Phi) is 5.94. The number of ether oxygens (including phenoxy) is 1. The summed E-state index contributed by atoms with van der Waals surface area (Å²) in [6, 6.07) is 17.1. The maximum absolute atomic E-state index is 6.04. The summed E-state index contributed by atoms with van der Waals surface area (Å²) >= 11 is 0. The molecular weight excluding hydrogens is 356 g/mol. The molecule has 3 nitrogen and oxygen atoms in total. The minimum absolute atomic E-state index is 0.177. The number of aryl methyl sites for hydroxylation is 1. The molecule has 0 unspecified atom stereocenters. The Labute approximate surface area is 175 Å². The van der Waals surface area contributed by atoms with Crippen molar-refractivity contribution in [3.05, 3.63) is 59.9 Å². The second-order valence-corrected chi connectivity index (χ2v) is 9.42. The molecule has 0 N–H and O–H groups in total. The lowest BCUT2D eigenvalue weighted by Gasteiger charge is -2.22. The van der Waals surface area contributed by atoms with Crippen molar-refractivity contribution in [3.63, 3.8) is 0 Å². The lowest BCUT2D eigenvalue weighted by Crippen LogP contribution is -2.14. The summed E-state index contributed by atoms with van der Waals surface area (Å²) in [7, 11) is 0. The maximum atomic E-state index is 6.04. The summed E-state index contributed by atoms with van der Waals surface area (Å²) in [4.78, 5) is 5.03. The molecule has 0 bridgehead atoms. The van der Waals surface area contributed by atoms with Crippen LogP contribution in [0.2, 0.25) is 0 Å². The van der Waals surface area contributed by atoms with Gasteiger partial charge in [0, 0.05) is 12.5 Å². The lowest BCUT2D eigenvalue weighted by atomic mass is 9.87. The highest BCUT2D eigenvalue weighted by atomic mass is 16.5. The summed E-state index contributed by atoms with van der Waals surface area (Å²) < 4.78 is 8.49. The third-order valence-electron chi connectivity index (χ3n) is 6.17. The van der Waals surface area contributed by atoms with Gasteiger partial charge in [0.2, 0.25) is 0 Å². The van der Waals surface area contributed by atoms with Crippen LogP contribution in [0.3, 0.4) is 0 Å². The third kappa shape index (κ3) is 4.66. The van der Waals surface area contributed by atoms with Crippen LogP contribution in [-0.4, -0.2) is 16.2 Å². The number of hydrogen-bond donors (Lipinski definition) is 0. The van der Waals surface area contributed by atoms with Crippen molar-refractivity contribution in [3.8, 4) is 5.75 Å². The van der Waals surface area contributed by atoms with Crippen LogP contribution in [0.1, 0.15) is 76.6 Å². The van der Waals surface area contributed by atoms with Gasteiger partial charge in [-0.15, -0.1) is 0 Å². The minimum atomic E-state index is 0.177. The monoisotopic (exact) mass is 390 g/mol. The number of hydrogen-bond acceptors (Lipinski definition) is 2. The Bertz CT molecular complexity index is 927. The Morgan fingerprint density at radius 3 is 2.41 bits per heavy atom. The Hall–Kier alpha value is -2.29. The topological polar surface area (TPSA) is 27.1 Å². The van der Waals surface area contributed by atoms with Crippen molar-refractivity contribution in [2.75, 3.05) is 6.61 Å². The van der Waals surface area contributed by atoms with Crippen LogP contribution < -0.4 is 4.74 Å². The fourth-order valence-electron chi connectivity index (χ4n) is 4.47. The molecule has 1 aliphatic carbocycles.